The second-order valence-electron chi connectivity index (χ2n) is 8.13. The molecule has 0 aliphatic carbocycles. The highest BCUT2D eigenvalue weighted by atomic mass is 19.3. The molecule has 0 aromatic heterocycles. The normalized spacial score (nSPS) is 11.6. The second kappa shape index (κ2) is 9.29. The first kappa shape index (κ1) is 25.2. The van der Waals surface area contributed by atoms with Crippen LogP contribution < -0.4 is 4.74 Å². The zero-order valence-corrected chi connectivity index (χ0v) is 18.7. The van der Waals surface area contributed by atoms with Gasteiger partial charge in [-0.05, 0) is 66.9 Å². The van der Waals surface area contributed by atoms with Crippen molar-refractivity contribution in [1.29, 1.82) is 0 Å². The summed E-state index contributed by atoms with van der Waals surface area (Å²) in [5.74, 6) is -7.49. The Kier molecular flexibility index (Phi) is 6.51. The maximum atomic E-state index is 14.7. The van der Waals surface area contributed by atoms with E-state index in [1.165, 1.54) is 6.92 Å². The van der Waals surface area contributed by atoms with Gasteiger partial charge in [0.25, 0.3) is 0 Å². The SMILES string of the molecule is Cc1cc(F)c(-c2ccc(C(F)(F)Oc3cc(F)c(-c4cc(F)c(C)c(F)c4)c(F)c3)cc2)c(F)c1. The first-order valence-electron chi connectivity index (χ1n) is 10.5. The van der Waals surface area contributed by atoms with Gasteiger partial charge in [-0.3, -0.25) is 0 Å². The number of benzene rings is 4. The number of rotatable bonds is 5. The molecule has 9 heteroatoms. The second-order valence-corrected chi connectivity index (χ2v) is 8.13. The van der Waals surface area contributed by atoms with E-state index < -0.39 is 69.0 Å². The van der Waals surface area contributed by atoms with Crippen LogP contribution in [0.25, 0.3) is 22.3 Å². The molecule has 0 heterocycles. The Morgan fingerprint density at radius 1 is 0.556 bits per heavy atom. The number of hydrogen-bond acceptors (Lipinski definition) is 1. The van der Waals surface area contributed by atoms with Crippen LogP contribution in [0.3, 0.4) is 0 Å². The molecule has 0 unspecified atom stereocenters. The van der Waals surface area contributed by atoms with Gasteiger partial charge in [-0.15, -0.1) is 0 Å². The molecule has 0 amide bonds. The first-order chi connectivity index (χ1) is 16.9. The molecule has 186 valence electrons. The fourth-order valence-electron chi connectivity index (χ4n) is 3.69. The Hall–Kier alpha value is -3.88. The van der Waals surface area contributed by atoms with Gasteiger partial charge in [-0.25, -0.2) is 26.3 Å². The van der Waals surface area contributed by atoms with Gasteiger partial charge in [-0.1, -0.05) is 12.1 Å². The van der Waals surface area contributed by atoms with E-state index in [9.17, 15) is 35.1 Å². The third-order valence-corrected chi connectivity index (χ3v) is 5.53. The third-order valence-electron chi connectivity index (χ3n) is 5.53. The highest BCUT2D eigenvalue weighted by Gasteiger charge is 2.35. The minimum absolute atomic E-state index is 0.0106. The Labute approximate surface area is 200 Å². The zero-order chi connectivity index (χ0) is 26.4. The van der Waals surface area contributed by atoms with E-state index >= 15 is 0 Å². The van der Waals surface area contributed by atoms with Crippen LogP contribution in [-0.4, -0.2) is 0 Å². The largest absolute Gasteiger partial charge is 0.429 e. The molecule has 0 N–H and O–H groups in total. The quantitative estimate of drug-likeness (QED) is 0.245. The van der Waals surface area contributed by atoms with E-state index in [1.807, 2.05) is 0 Å². The molecule has 0 radical (unpaired) electrons. The van der Waals surface area contributed by atoms with E-state index in [1.54, 1.807) is 0 Å². The average molecular weight is 508 g/mol. The Morgan fingerprint density at radius 2 is 1.00 bits per heavy atom. The van der Waals surface area contributed by atoms with Gasteiger partial charge in [0.1, 0.15) is 40.7 Å². The van der Waals surface area contributed by atoms with Crippen LogP contribution in [0, 0.1) is 48.8 Å². The number of ether oxygens (including phenoxy) is 1. The maximum Gasteiger partial charge on any atom is 0.426 e. The fraction of sp³-hybridized carbons (Fsp3) is 0.111. The smallest absolute Gasteiger partial charge is 0.426 e. The van der Waals surface area contributed by atoms with Crippen LogP contribution in [-0.2, 0) is 6.11 Å². The van der Waals surface area contributed by atoms with E-state index in [0.29, 0.717) is 17.7 Å². The van der Waals surface area contributed by atoms with Gasteiger partial charge in [-0.2, -0.15) is 8.78 Å². The zero-order valence-electron chi connectivity index (χ0n) is 18.7. The predicted molar refractivity (Wildman–Crippen MR) is 118 cm³/mol. The van der Waals surface area contributed by atoms with Crippen LogP contribution in [0.15, 0.2) is 60.7 Å². The molecule has 0 saturated carbocycles. The monoisotopic (exact) mass is 508 g/mol. The van der Waals surface area contributed by atoms with Crippen molar-refractivity contribution < 1.29 is 39.9 Å². The van der Waals surface area contributed by atoms with Crippen LogP contribution >= 0.6 is 0 Å². The molecular weight excluding hydrogens is 492 g/mol. The summed E-state index contributed by atoms with van der Waals surface area (Å²) in [5.41, 5.74) is -2.47. The number of alkyl halides is 2. The molecule has 1 nitrogen and oxygen atoms in total. The lowest BCUT2D eigenvalue weighted by Crippen LogP contribution is -2.22. The van der Waals surface area contributed by atoms with Crippen LogP contribution in [0.5, 0.6) is 5.75 Å². The van der Waals surface area contributed by atoms with Crippen LogP contribution in [0.2, 0.25) is 0 Å². The highest BCUT2D eigenvalue weighted by molar-refractivity contribution is 5.67. The molecule has 0 aliphatic heterocycles. The molecule has 0 bridgehead atoms. The summed E-state index contributed by atoms with van der Waals surface area (Å²) in [6.07, 6.45) is -4.09. The lowest BCUT2D eigenvalue weighted by atomic mass is 10.0. The van der Waals surface area contributed by atoms with E-state index in [4.69, 9.17) is 0 Å². The third kappa shape index (κ3) is 4.78. The molecule has 0 atom stereocenters. The van der Waals surface area contributed by atoms with Gasteiger partial charge in [0, 0.05) is 17.7 Å². The average Bonchev–Trinajstić information content (AvgIpc) is 2.76. The molecule has 0 fully saturated rings. The van der Waals surface area contributed by atoms with Crippen molar-refractivity contribution in [3.63, 3.8) is 0 Å². The molecule has 36 heavy (non-hydrogen) atoms. The molecule has 0 saturated heterocycles. The molecule has 4 aromatic carbocycles. The van der Waals surface area contributed by atoms with Crippen molar-refractivity contribution in [2.45, 2.75) is 20.0 Å². The van der Waals surface area contributed by atoms with E-state index in [2.05, 4.69) is 4.74 Å². The summed E-state index contributed by atoms with van der Waals surface area (Å²) in [4.78, 5) is 0. The number of hydrogen-bond donors (Lipinski definition) is 0. The van der Waals surface area contributed by atoms with Crippen molar-refractivity contribution in [2.75, 3.05) is 0 Å². The standard InChI is InChI=1S/C27H16F8O/c1-13-7-21(30)25(22(31)8-13)15-3-5-17(6-4-15)27(34,35)36-18-11-23(32)26(24(33)12-18)16-9-19(28)14(2)20(29)10-16/h3-12H,1-2H3. The summed E-state index contributed by atoms with van der Waals surface area (Å²) in [7, 11) is 0. The lowest BCUT2D eigenvalue weighted by Gasteiger charge is -2.19. The predicted octanol–water partition coefficient (Wildman–Crippen LogP) is 8.60. The molecule has 4 aromatic rings. The van der Waals surface area contributed by atoms with Crippen LogP contribution in [0.1, 0.15) is 16.7 Å². The summed E-state index contributed by atoms with van der Waals surface area (Å²) < 4.78 is 119. The topological polar surface area (TPSA) is 9.23 Å². The van der Waals surface area contributed by atoms with Crippen molar-refractivity contribution >= 4 is 0 Å². The molecular formula is C27H16F8O. The minimum Gasteiger partial charge on any atom is -0.429 e. The molecule has 4 rings (SSSR count). The summed E-state index contributed by atoms with van der Waals surface area (Å²) in [6, 6.07) is 8.34. The highest BCUT2D eigenvalue weighted by Crippen LogP contribution is 2.37. The summed E-state index contributed by atoms with van der Waals surface area (Å²) in [5, 5.41) is 0. The van der Waals surface area contributed by atoms with Gasteiger partial charge in [0.15, 0.2) is 0 Å². The van der Waals surface area contributed by atoms with Gasteiger partial charge in [0.2, 0.25) is 0 Å². The van der Waals surface area contributed by atoms with Crippen molar-refractivity contribution in [1.82, 2.24) is 0 Å². The van der Waals surface area contributed by atoms with Crippen molar-refractivity contribution in [3.05, 3.63) is 112 Å². The fourth-order valence-corrected chi connectivity index (χ4v) is 3.69. The molecule has 0 spiro atoms. The molecule has 0 aliphatic rings. The minimum atomic E-state index is -4.09. The Morgan fingerprint density at radius 3 is 1.50 bits per heavy atom. The summed E-state index contributed by atoms with van der Waals surface area (Å²) in [6.45, 7) is 2.63. The lowest BCUT2D eigenvalue weighted by molar-refractivity contribution is -0.185. The number of aryl methyl sites for hydroxylation is 1. The first-order valence-corrected chi connectivity index (χ1v) is 10.5. The van der Waals surface area contributed by atoms with E-state index in [0.717, 1.165) is 55.5 Å². The Balaban J connectivity index is 1.62. The van der Waals surface area contributed by atoms with Gasteiger partial charge >= 0.3 is 6.11 Å². The van der Waals surface area contributed by atoms with E-state index in [-0.39, 0.29) is 11.1 Å². The van der Waals surface area contributed by atoms with Crippen LogP contribution in [0.4, 0.5) is 35.1 Å². The van der Waals surface area contributed by atoms with Gasteiger partial charge in [0.05, 0.1) is 16.7 Å². The summed E-state index contributed by atoms with van der Waals surface area (Å²) >= 11 is 0. The Bertz CT molecular complexity index is 1390. The van der Waals surface area contributed by atoms with Crippen molar-refractivity contribution in [2.24, 2.45) is 0 Å². The number of halogens is 8. The van der Waals surface area contributed by atoms with Crippen molar-refractivity contribution in [3.8, 4) is 28.0 Å². The van der Waals surface area contributed by atoms with Gasteiger partial charge < -0.3 is 4.74 Å². The maximum absolute atomic E-state index is 14.7.